The minimum absolute atomic E-state index is 0.0976. The van der Waals surface area contributed by atoms with E-state index in [1.165, 1.54) is 21.1 Å². The van der Waals surface area contributed by atoms with E-state index in [0.29, 0.717) is 32.1 Å². The summed E-state index contributed by atoms with van der Waals surface area (Å²) in [5.74, 6) is -1.80. The smallest absolute Gasteiger partial charge is 0.339 e. The first-order valence-electron chi connectivity index (χ1n) is 12.7. The first kappa shape index (κ1) is 24.8. The first-order chi connectivity index (χ1) is 17.0. The van der Waals surface area contributed by atoms with Gasteiger partial charge in [0.1, 0.15) is 11.5 Å². The van der Waals surface area contributed by atoms with Gasteiger partial charge in [-0.15, -0.1) is 0 Å². The lowest BCUT2D eigenvalue weighted by atomic mass is 9.37. The lowest BCUT2D eigenvalue weighted by molar-refractivity contribution is -0.210. The monoisotopic (exact) mass is 497 g/mol. The zero-order valence-electron chi connectivity index (χ0n) is 21.6. The number of hydrogen-bond acceptors (Lipinski definition) is 8. The Labute approximate surface area is 211 Å². The van der Waals surface area contributed by atoms with Crippen molar-refractivity contribution < 1.29 is 33.4 Å². The first-order valence-corrected chi connectivity index (χ1v) is 12.7. The Balaban J connectivity index is 1.67. The van der Waals surface area contributed by atoms with E-state index in [2.05, 4.69) is 18.3 Å². The molecule has 2 bridgehead atoms. The van der Waals surface area contributed by atoms with Crippen LogP contribution in [0.3, 0.4) is 0 Å². The van der Waals surface area contributed by atoms with Gasteiger partial charge >= 0.3 is 17.9 Å². The van der Waals surface area contributed by atoms with Gasteiger partial charge in [0, 0.05) is 24.4 Å². The molecule has 0 amide bonds. The Kier molecular flexibility index (Phi) is 5.54. The lowest BCUT2D eigenvalue weighted by Gasteiger charge is -2.67. The molecule has 0 aromatic heterocycles. The van der Waals surface area contributed by atoms with Crippen molar-refractivity contribution in [1.29, 1.82) is 0 Å². The molecular weight excluding hydrogens is 462 g/mol. The molecule has 1 aromatic rings. The molecule has 194 valence electrons. The van der Waals surface area contributed by atoms with Gasteiger partial charge in [-0.3, -0.25) is 14.4 Å². The van der Waals surface area contributed by atoms with E-state index in [-0.39, 0.29) is 24.0 Å². The van der Waals surface area contributed by atoms with Crippen LogP contribution in [0.2, 0.25) is 0 Å². The fourth-order valence-electron chi connectivity index (χ4n) is 8.73. The van der Waals surface area contributed by atoms with Crippen molar-refractivity contribution in [3.63, 3.8) is 0 Å². The molecule has 0 saturated heterocycles. The number of ether oxygens (including phenoxy) is 3. The van der Waals surface area contributed by atoms with Crippen LogP contribution in [-0.4, -0.2) is 49.6 Å². The summed E-state index contributed by atoms with van der Waals surface area (Å²) in [6.45, 7) is 5.39. The molecule has 4 aliphatic rings. The Morgan fingerprint density at radius 1 is 0.972 bits per heavy atom. The number of hydrogen-bond donors (Lipinski definition) is 1. The number of carbonyl (C=O) groups is 4. The van der Waals surface area contributed by atoms with E-state index in [1.807, 2.05) is 25.1 Å². The minimum Gasteiger partial charge on any atom is -0.468 e. The summed E-state index contributed by atoms with van der Waals surface area (Å²) >= 11 is 0. The SMILES string of the molecule is COC(=O)[C@@]12C[C@]3(CC[C@@H]4[C@](C)(CC[C@H](OC(C)=O)[C@@]4(C)C(=O)OC)[C@H]3CC1=O)c1ccccc1N2. The van der Waals surface area contributed by atoms with Gasteiger partial charge in [0.2, 0.25) is 0 Å². The third-order valence-electron chi connectivity index (χ3n) is 10.2. The van der Waals surface area contributed by atoms with Crippen molar-refractivity contribution in [3.05, 3.63) is 29.8 Å². The second kappa shape index (κ2) is 8.05. The van der Waals surface area contributed by atoms with E-state index in [9.17, 15) is 19.2 Å². The highest BCUT2D eigenvalue weighted by molar-refractivity contribution is 6.13. The van der Waals surface area contributed by atoms with Crippen LogP contribution in [0, 0.1) is 22.7 Å². The van der Waals surface area contributed by atoms with Gasteiger partial charge in [0.25, 0.3) is 0 Å². The molecule has 7 atom stereocenters. The number of benzene rings is 1. The van der Waals surface area contributed by atoms with Crippen LogP contribution in [0.15, 0.2) is 24.3 Å². The summed E-state index contributed by atoms with van der Waals surface area (Å²) in [7, 11) is 2.69. The van der Waals surface area contributed by atoms with Crippen LogP contribution in [0.5, 0.6) is 0 Å². The number of carbonyl (C=O) groups excluding carboxylic acids is 4. The van der Waals surface area contributed by atoms with E-state index in [4.69, 9.17) is 14.2 Å². The van der Waals surface area contributed by atoms with Crippen LogP contribution in [0.25, 0.3) is 0 Å². The summed E-state index contributed by atoms with van der Waals surface area (Å²) in [6, 6.07) is 7.92. The Morgan fingerprint density at radius 2 is 1.67 bits per heavy atom. The molecule has 3 saturated carbocycles. The van der Waals surface area contributed by atoms with Crippen molar-refractivity contribution in [2.45, 2.75) is 76.4 Å². The Bertz CT molecular complexity index is 1150. The summed E-state index contributed by atoms with van der Waals surface area (Å²) in [5, 5.41) is 3.27. The normalized spacial score (nSPS) is 40.5. The van der Waals surface area contributed by atoms with Crippen molar-refractivity contribution in [1.82, 2.24) is 0 Å². The largest absolute Gasteiger partial charge is 0.468 e. The number of anilines is 1. The summed E-state index contributed by atoms with van der Waals surface area (Å²) in [6.07, 6.45) is 2.52. The van der Waals surface area contributed by atoms with E-state index in [1.54, 1.807) is 0 Å². The Morgan fingerprint density at radius 3 is 2.33 bits per heavy atom. The fraction of sp³-hybridized carbons (Fsp3) is 0.643. The van der Waals surface area contributed by atoms with Gasteiger partial charge in [-0.05, 0) is 67.9 Å². The zero-order valence-corrected chi connectivity index (χ0v) is 21.6. The number of fused-ring (bicyclic) bond motifs is 4. The van der Waals surface area contributed by atoms with Crippen molar-refractivity contribution in [3.8, 4) is 0 Å². The van der Waals surface area contributed by atoms with Crippen LogP contribution >= 0.6 is 0 Å². The fourth-order valence-corrected chi connectivity index (χ4v) is 8.73. The molecule has 36 heavy (non-hydrogen) atoms. The summed E-state index contributed by atoms with van der Waals surface area (Å²) in [4.78, 5) is 52.3. The maximum atomic E-state index is 13.8. The maximum Gasteiger partial charge on any atom is 0.339 e. The predicted molar refractivity (Wildman–Crippen MR) is 130 cm³/mol. The number of esters is 3. The topological polar surface area (TPSA) is 108 Å². The van der Waals surface area contributed by atoms with Gasteiger partial charge in [-0.2, -0.15) is 0 Å². The van der Waals surface area contributed by atoms with Crippen LogP contribution < -0.4 is 5.32 Å². The highest BCUT2D eigenvalue weighted by Gasteiger charge is 2.72. The van der Waals surface area contributed by atoms with Gasteiger partial charge in [-0.1, -0.05) is 25.1 Å². The Hall–Kier alpha value is -2.90. The third-order valence-corrected chi connectivity index (χ3v) is 10.2. The number of ketones is 1. The summed E-state index contributed by atoms with van der Waals surface area (Å²) < 4.78 is 16.1. The minimum atomic E-state index is -1.41. The van der Waals surface area contributed by atoms with Crippen molar-refractivity contribution in [2.24, 2.45) is 22.7 Å². The average Bonchev–Trinajstić information content (AvgIpc) is 2.86. The highest BCUT2D eigenvalue weighted by atomic mass is 16.6. The summed E-state index contributed by atoms with van der Waals surface area (Å²) in [5.41, 5.74) is -1.40. The second-order valence-electron chi connectivity index (χ2n) is 11.6. The molecule has 1 spiro atoms. The van der Waals surface area contributed by atoms with E-state index < -0.39 is 45.8 Å². The quantitative estimate of drug-likeness (QED) is 0.384. The molecule has 8 nitrogen and oxygen atoms in total. The number of para-hydroxylation sites is 1. The molecule has 1 heterocycles. The standard InChI is InChI=1S/C28H35NO7/c1-16(30)36-22-11-12-25(2)19(26(22,3)23(32)34-4)10-13-27-15-28(24(33)35-5,21(31)14-20(25)27)29-18-9-7-6-8-17(18)27/h6-9,19-20,22,29H,10-15H2,1-5H3/t19-,20-,22+,25+,26+,27-,28-/m1/s1. The molecule has 1 N–H and O–H groups in total. The van der Waals surface area contributed by atoms with Crippen LogP contribution in [0.1, 0.15) is 64.9 Å². The van der Waals surface area contributed by atoms with Gasteiger partial charge < -0.3 is 19.5 Å². The molecule has 1 aliphatic heterocycles. The second-order valence-corrected chi connectivity index (χ2v) is 11.6. The number of methoxy groups -OCH3 is 2. The van der Waals surface area contributed by atoms with Gasteiger partial charge in [0.05, 0.1) is 14.2 Å². The molecule has 8 heteroatoms. The molecule has 1 aromatic carbocycles. The molecule has 3 fully saturated rings. The third kappa shape index (κ3) is 2.99. The van der Waals surface area contributed by atoms with Crippen LogP contribution in [0.4, 0.5) is 5.69 Å². The number of rotatable bonds is 3. The molecule has 0 unspecified atom stereocenters. The van der Waals surface area contributed by atoms with Gasteiger partial charge in [-0.25, -0.2) is 4.79 Å². The van der Waals surface area contributed by atoms with Crippen LogP contribution in [-0.2, 0) is 38.8 Å². The predicted octanol–water partition coefficient (Wildman–Crippen LogP) is 3.56. The van der Waals surface area contributed by atoms with E-state index in [0.717, 1.165) is 11.3 Å². The van der Waals surface area contributed by atoms with E-state index >= 15 is 0 Å². The lowest BCUT2D eigenvalue weighted by Crippen LogP contribution is -2.71. The molecular formula is C28H35NO7. The number of Topliss-reactive ketones (excluding diaryl/α,β-unsaturated/α-hetero) is 1. The van der Waals surface area contributed by atoms with Crippen molar-refractivity contribution in [2.75, 3.05) is 19.5 Å². The molecule has 0 radical (unpaired) electrons. The number of nitrogens with one attached hydrogen (secondary N) is 1. The molecule has 3 aliphatic carbocycles. The molecule has 5 rings (SSSR count). The van der Waals surface area contributed by atoms with Crippen molar-refractivity contribution >= 4 is 29.4 Å². The highest BCUT2D eigenvalue weighted by Crippen LogP contribution is 2.70. The maximum absolute atomic E-state index is 13.8. The zero-order chi connectivity index (χ0) is 26.1. The van der Waals surface area contributed by atoms with Gasteiger partial charge in [0.15, 0.2) is 11.3 Å². The average molecular weight is 498 g/mol.